The van der Waals surface area contributed by atoms with Crippen molar-refractivity contribution in [3.05, 3.63) is 34.9 Å². The molecule has 2 rings (SSSR count). The number of benzene rings is 1. The zero-order chi connectivity index (χ0) is 11.6. The monoisotopic (exact) mass is 237 g/mol. The Morgan fingerprint density at radius 1 is 1.31 bits per heavy atom. The highest BCUT2D eigenvalue weighted by atomic mass is 35.5. The fraction of sp³-hybridized carbons (Fsp3) is 0.571. The van der Waals surface area contributed by atoms with Gasteiger partial charge in [0.2, 0.25) is 0 Å². The largest absolute Gasteiger partial charge is 0.319 e. The van der Waals surface area contributed by atoms with Crippen LogP contribution in [0.5, 0.6) is 0 Å². The summed E-state index contributed by atoms with van der Waals surface area (Å²) in [4.78, 5) is 0. The van der Waals surface area contributed by atoms with Crippen molar-refractivity contribution in [1.29, 1.82) is 0 Å². The van der Waals surface area contributed by atoms with Crippen LogP contribution in [0.3, 0.4) is 0 Å². The summed E-state index contributed by atoms with van der Waals surface area (Å²) in [5, 5.41) is 4.16. The Morgan fingerprint density at radius 3 is 2.44 bits per heavy atom. The first-order chi connectivity index (χ1) is 7.70. The molecule has 1 N–H and O–H groups in total. The van der Waals surface area contributed by atoms with Gasteiger partial charge in [0, 0.05) is 17.0 Å². The Balaban J connectivity index is 2.17. The molecule has 1 aromatic carbocycles. The highest BCUT2D eigenvalue weighted by Gasteiger charge is 2.43. The molecule has 0 saturated heterocycles. The molecule has 1 nitrogen and oxygen atoms in total. The Morgan fingerprint density at radius 2 is 1.94 bits per heavy atom. The fourth-order valence-corrected chi connectivity index (χ4v) is 3.08. The van der Waals surface area contributed by atoms with Crippen LogP contribution in [0.2, 0.25) is 5.02 Å². The maximum atomic E-state index is 5.94. The summed E-state index contributed by atoms with van der Waals surface area (Å²) in [6.45, 7) is 3.36. The van der Waals surface area contributed by atoms with Gasteiger partial charge in [0.05, 0.1) is 0 Å². The van der Waals surface area contributed by atoms with Gasteiger partial charge in [0.25, 0.3) is 0 Å². The predicted octanol–water partition coefficient (Wildman–Crippen LogP) is 3.62. The van der Waals surface area contributed by atoms with Crippen molar-refractivity contribution in [2.24, 2.45) is 5.92 Å². The summed E-state index contributed by atoms with van der Waals surface area (Å²) in [6.07, 6.45) is 3.93. The Kier molecular flexibility index (Phi) is 3.56. The summed E-state index contributed by atoms with van der Waals surface area (Å²) in [7, 11) is 2.04. The second-order valence-corrected chi connectivity index (χ2v) is 5.44. The van der Waals surface area contributed by atoms with Gasteiger partial charge in [-0.25, -0.2) is 0 Å². The van der Waals surface area contributed by atoms with Gasteiger partial charge >= 0.3 is 0 Å². The van der Waals surface area contributed by atoms with E-state index >= 15 is 0 Å². The van der Waals surface area contributed by atoms with E-state index in [1.54, 1.807) is 0 Å². The van der Waals surface area contributed by atoms with Crippen LogP contribution in [0.15, 0.2) is 24.3 Å². The van der Waals surface area contributed by atoms with Crippen LogP contribution in [-0.2, 0) is 5.41 Å². The lowest BCUT2D eigenvalue weighted by Crippen LogP contribution is -2.47. The molecule has 0 unspecified atom stereocenters. The molecule has 16 heavy (non-hydrogen) atoms. The van der Waals surface area contributed by atoms with Crippen molar-refractivity contribution in [2.75, 3.05) is 13.6 Å². The van der Waals surface area contributed by atoms with Gasteiger partial charge in [-0.2, -0.15) is 0 Å². The van der Waals surface area contributed by atoms with Crippen LogP contribution < -0.4 is 5.32 Å². The Hall–Kier alpha value is -0.530. The summed E-state index contributed by atoms with van der Waals surface area (Å²) in [5.74, 6) is 0.907. The molecule has 0 aromatic heterocycles. The number of likely N-dealkylation sites (N-methyl/N-ethyl adjacent to an activating group) is 1. The molecule has 0 amide bonds. The van der Waals surface area contributed by atoms with Gasteiger partial charge in [-0.15, -0.1) is 0 Å². The lowest BCUT2D eigenvalue weighted by Gasteiger charge is -2.48. The lowest BCUT2D eigenvalue weighted by atomic mass is 9.58. The third kappa shape index (κ3) is 2.11. The van der Waals surface area contributed by atoms with E-state index in [1.165, 1.54) is 24.8 Å². The summed E-state index contributed by atoms with van der Waals surface area (Å²) >= 11 is 5.94. The zero-order valence-electron chi connectivity index (χ0n) is 10.1. The molecule has 1 fully saturated rings. The van der Waals surface area contributed by atoms with Crippen molar-refractivity contribution >= 4 is 11.6 Å². The molecule has 88 valence electrons. The average Bonchev–Trinajstić information content (AvgIpc) is 2.24. The first-order valence-corrected chi connectivity index (χ1v) is 6.48. The minimum Gasteiger partial charge on any atom is -0.319 e. The van der Waals surface area contributed by atoms with E-state index < -0.39 is 0 Å². The van der Waals surface area contributed by atoms with Crippen LogP contribution in [-0.4, -0.2) is 13.6 Å². The van der Waals surface area contributed by atoms with Crippen LogP contribution >= 0.6 is 11.6 Å². The maximum absolute atomic E-state index is 5.94. The van der Waals surface area contributed by atoms with Crippen molar-refractivity contribution in [3.63, 3.8) is 0 Å². The second kappa shape index (κ2) is 4.77. The van der Waals surface area contributed by atoms with E-state index in [4.69, 9.17) is 11.6 Å². The van der Waals surface area contributed by atoms with Gasteiger partial charge in [-0.3, -0.25) is 0 Å². The Labute approximate surface area is 103 Å². The SMILES string of the molecule is CCC1CC(CNC)(c2ccc(Cl)cc2)C1. The molecular weight excluding hydrogens is 218 g/mol. The lowest BCUT2D eigenvalue weighted by molar-refractivity contribution is 0.136. The third-order valence-electron chi connectivity index (χ3n) is 3.91. The number of hydrogen-bond acceptors (Lipinski definition) is 1. The molecule has 0 bridgehead atoms. The molecule has 0 atom stereocenters. The minimum absolute atomic E-state index is 0.361. The van der Waals surface area contributed by atoms with Gasteiger partial charge in [-0.1, -0.05) is 37.1 Å². The minimum atomic E-state index is 0.361. The van der Waals surface area contributed by atoms with Crippen molar-refractivity contribution in [2.45, 2.75) is 31.6 Å². The van der Waals surface area contributed by atoms with Gasteiger partial charge in [0.15, 0.2) is 0 Å². The smallest absolute Gasteiger partial charge is 0.0406 e. The van der Waals surface area contributed by atoms with Gasteiger partial charge in [0.1, 0.15) is 0 Å². The zero-order valence-corrected chi connectivity index (χ0v) is 10.8. The normalized spacial score (nSPS) is 28.8. The number of nitrogens with one attached hydrogen (secondary N) is 1. The van der Waals surface area contributed by atoms with Crippen molar-refractivity contribution in [3.8, 4) is 0 Å². The summed E-state index contributed by atoms with van der Waals surface area (Å²) in [5.41, 5.74) is 1.80. The fourth-order valence-electron chi connectivity index (χ4n) is 2.96. The molecular formula is C14H20ClN. The summed E-state index contributed by atoms with van der Waals surface area (Å²) < 4.78 is 0. The molecule has 0 radical (unpaired) electrons. The predicted molar refractivity (Wildman–Crippen MR) is 70.1 cm³/mol. The quantitative estimate of drug-likeness (QED) is 0.844. The molecule has 1 aromatic rings. The van der Waals surface area contributed by atoms with E-state index in [0.29, 0.717) is 5.41 Å². The number of rotatable bonds is 4. The number of hydrogen-bond donors (Lipinski definition) is 1. The van der Waals surface area contributed by atoms with Crippen LogP contribution in [0.1, 0.15) is 31.7 Å². The Bertz CT molecular complexity index is 338. The highest BCUT2D eigenvalue weighted by Crippen LogP contribution is 2.48. The summed E-state index contributed by atoms with van der Waals surface area (Å²) in [6, 6.07) is 8.39. The van der Waals surface area contributed by atoms with Gasteiger partial charge < -0.3 is 5.32 Å². The first kappa shape index (κ1) is 11.9. The van der Waals surface area contributed by atoms with E-state index in [-0.39, 0.29) is 0 Å². The van der Waals surface area contributed by atoms with Crippen LogP contribution in [0.4, 0.5) is 0 Å². The third-order valence-corrected chi connectivity index (χ3v) is 4.16. The highest BCUT2D eigenvalue weighted by molar-refractivity contribution is 6.30. The average molecular weight is 238 g/mol. The molecule has 0 spiro atoms. The van der Waals surface area contributed by atoms with E-state index in [9.17, 15) is 0 Å². The topological polar surface area (TPSA) is 12.0 Å². The van der Waals surface area contributed by atoms with Gasteiger partial charge in [-0.05, 0) is 43.5 Å². The van der Waals surface area contributed by atoms with Crippen molar-refractivity contribution in [1.82, 2.24) is 5.32 Å². The molecule has 2 heteroatoms. The first-order valence-electron chi connectivity index (χ1n) is 6.11. The maximum Gasteiger partial charge on any atom is 0.0406 e. The molecule has 0 aliphatic heterocycles. The molecule has 1 aliphatic rings. The van der Waals surface area contributed by atoms with Crippen molar-refractivity contribution < 1.29 is 0 Å². The van der Waals surface area contributed by atoms with E-state index in [0.717, 1.165) is 17.5 Å². The molecule has 1 saturated carbocycles. The van der Waals surface area contributed by atoms with Crippen LogP contribution in [0, 0.1) is 5.92 Å². The van der Waals surface area contributed by atoms with E-state index in [1.807, 2.05) is 19.2 Å². The molecule has 0 heterocycles. The second-order valence-electron chi connectivity index (χ2n) is 5.00. The number of halogens is 1. The van der Waals surface area contributed by atoms with Crippen LogP contribution in [0.25, 0.3) is 0 Å². The standard InChI is InChI=1S/C14H20ClN/c1-3-11-8-14(9-11,10-16-2)12-4-6-13(15)7-5-12/h4-7,11,16H,3,8-10H2,1-2H3. The molecule has 1 aliphatic carbocycles. The van der Waals surface area contributed by atoms with E-state index in [2.05, 4.69) is 24.4 Å².